The topological polar surface area (TPSA) is 29.1 Å². The van der Waals surface area contributed by atoms with Crippen molar-refractivity contribution in [2.24, 2.45) is 10.8 Å². The number of hydrogen-bond acceptors (Lipinski definition) is 1. The van der Waals surface area contributed by atoms with Gasteiger partial charge in [-0.25, -0.2) is 8.78 Å². The quantitative estimate of drug-likeness (QED) is 0.436. The second kappa shape index (κ2) is 9.43. The first-order valence-electron chi connectivity index (χ1n) is 13.0. The van der Waals surface area contributed by atoms with Gasteiger partial charge in [-0.05, 0) is 67.7 Å². The summed E-state index contributed by atoms with van der Waals surface area (Å²) in [5.74, 6) is -3.08. The lowest BCUT2D eigenvalue weighted by atomic mass is 9.46. The molecule has 0 bridgehead atoms. The molecule has 0 heterocycles. The van der Waals surface area contributed by atoms with Crippen molar-refractivity contribution in [3.63, 3.8) is 0 Å². The Morgan fingerprint density at radius 3 is 2.18 bits per heavy atom. The van der Waals surface area contributed by atoms with E-state index in [1.165, 1.54) is 56.2 Å². The number of nitrogens with one attached hydrogen (secondary N) is 1. The van der Waals surface area contributed by atoms with Gasteiger partial charge in [0.15, 0.2) is 0 Å². The van der Waals surface area contributed by atoms with E-state index in [2.05, 4.69) is 43.4 Å². The van der Waals surface area contributed by atoms with Crippen molar-refractivity contribution in [2.75, 3.05) is 0 Å². The minimum Gasteiger partial charge on any atom is -0.345 e. The largest absolute Gasteiger partial charge is 0.345 e. The Morgan fingerprint density at radius 1 is 1.00 bits per heavy atom. The molecule has 1 unspecified atom stereocenters. The van der Waals surface area contributed by atoms with Gasteiger partial charge in [-0.15, -0.1) is 0 Å². The van der Waals surface area contributed by atoms with Crippen molar-refractivity contribution in [3.8, 4) is 0 Å². The highest BCUT2D eigenvalue weighted by Crippen LogP contribution is 2.65. The lowest BCUT2D eigenvalue weighted by Gasteiger charge is -2.60. The average molecular weight is 468 g/mol. The third kappa shape index (κ3) is 4.53. The maximum Gasteiger partial charge on any atom is 0.270 e. The van der Waals surface area contributed by atoms with Crippen LogP contribution in [0.4, 0.5) is 8.78 Å². The monoisotopic (exact) mass is 467 g/mol. The molecule has 0 radical (unpaired) electrons. The van der Waals surface area contributed by atoms with E-state index in [1.807, 2.05) is 6.92 Å². The normalized spacial score (nSPS) is 20.3. The predicted molar refractivity (Wildman–Crippen MR) is 134 cm³/mol. The first-order valence-corrected chi connectivity index (χ1v) is 13.0. The number of hydrogen-bond donors (Lipinski definition) is 1. The molecule has 0 spiro atoms. The highest BCUT2D eigenvalue weighted by molar-refractivity contribution is 5.96. The number of halogens is 2. The van der Waals surface area contributed by atoms with E-state index in [0.29, 0.717) is 17.5 Å². The Labute approximate surface area is 203 Å². The van der Waals surface area contributed by atoms with Gasteiger partial charge in [0.05, 0.1) is 6.04 Å². The Kier molecular flexibility index (Phi) is 6.90. The fourth-order valence-electron chi connectivity index (χ4n) is 6.52. The standard InChI is InChI=1S/C30H39F2NO/c1-5-22-20-24(29(4,31)32)14-15-25(22)27(34)33-26(23-12-10-21(2)11-13-23)30(18-9-19-30)28(3)16-7-6-8-17-28/h10-15,20,26H,5-9,16-19H2,1-4H3,(H,33,34). The van der Waals surface area contributed by atoms with Crippen molar-refractivity contribution < 1.29 is 13.6 Å². The summed E-state index contributed by atoms with van der Waals surface area (Å²) in [5.41, 5.74) is 3.71. The third-order valence-electron chi connectivity index (χ3n) is 8.88. The van der Waals surface area contributed by atoms with E-state index in [0.717, 1.165) is 25.3 Å². The smallest absolute Gasteiger partial charge is 0.270 e. The van der Waals surface area contributed by atoms with Crippen LogP contribution in [0.25, 0.3) is 0 Å². The molecule has 2 fully saturated rings. The van der Waals surface area contributed by atoms with Crippen molar-refractivity contribution >= 4 is 5.91 Å². The van der Waals surface area contributed by atoms with Crippen LogP contribution >= 0.6 is 0 Å². The highest BCUT2D eigenvalue weighted by Gasteiger charge is 2.57. The molecular formula is C30H39F2NO. The number of amides is 1. The number of benzene rings is 2. The second-order valence-electron chi connectivity index (χ2n) is 11.1. The molecule has 34 heavy (non-hydrogen) atoms. The van der Waals surface area contributed by atoms with Gasteiger partial charge in [0.25, 0.3) is 11.8 Å². The van der Waals surface area contributed by atoms with Crippen molar-refractivity contribution in [2.45, 2.75) is 97.4 Å². The zero-order valence-electron chi connectivity index (χ0n) is 21.1. The molecular weight excluding hydrogens is 428 g/mol. The van der Waals surface area contributed by atoms with Crippen LogP contribution in [-0.4, -0.2) is 5.91 Å². The zero-order valence-corrected chi connectivity index (χ0v) is 21.1. The van der Waals surface area contributed by atoms with E-state index < -0.39 is 5.92 Å². The summed E-state index contributed by atoms with van der Waals surface area (Å²) in [6.45, 7) is 7.34. The Bertz CT molecular complexity index is 1010. The predicted octanol–water partition coefficient (Wildman–Crippen LogP) is 8.28. The van der Waals surface area contributed by atoms with Gasteiger partial charge < -0.3 is 5.32 Å². The zero-order chi connectivity index (χ0) is 24.6. The molecule has 2 aliphatic rings. The lowest BCUT2D eigenvalue weighted by Crippen LogP contribution is -2.55. The second-order valence-corrected chi connectivity index (χ2v) is 11.1. The van der Waals surface area contributed by atoms with E-state index in [-0.39, 0.29) is 28.3 Å². The number of carbonyl (C=O) groups is 1. The Morgan fingerprint density at radius 2 is 1.65 bits per heavy atom. The van der Waals surface area contributed by atoms with Crippen molar-refractivity contribution in [3.05, 3.63) is 70.3 Å². The minimum atomic E-state index is -2.92. The molecule has 0 aliphatic heterocycles. The van der Waals surface area contributed by atoms with Crippen LogP contribution in [0.3, 0.4) is 0 Å². The van der Waals surface area contributed by atoms with Crippen LogP contribution < -0.4 is 5.32 Å². The van der Waals surface area contributed by atoms with E-state index >= 15 is 0 Å². The van der Waals surface area contributed by atoms with Crippen molar-refractivity contribution in [1.82, 2.24) is 5.32 Å². The lowest BCUT2D eigenvalue weighted by molar-refractivity contribution is -0.0828. The molecule has 0 saturated heterocycles. The molecule has 4 rings (SSSR count). The van der Waals surface area contributed by atoms with Gasteiger partial charge in [-0.1, -0.05) is 75.4 Å². The first-order chi connectivity index (χ1) is 16.1. The van der Waals surface area contributed by atoms with Crippen LogP contribution in [0.5, 0.6) is 0 Å². The molecule has 1 amide bonds. The van der Waals surface area contributed by atoms with Gasteiger partial charge in [-0.3, -0.25) is 4.79 Å². The fraction of sp³-hybridized carbons (Fsp3) is 0.567. The average Bonchev–Trinajstić information content (AvgIpc) is 2.77. The van der Waals surface area contributed by atoms with Crippen molar-refractivity contribution in [1.29, 1.82) is 0 Å². The molecule has 2 aliphatic carbocycles. The highest BCUT2D eigenvalue weighted by atomic mass is 19.3. The molecule has 2 saturated carbocycles. The molecule has 2 nitrogen and oxygen atoms in total. The van der Waals surface area contributed by atoms with Crippen LogP contribution in [-0.2, 0) is 12.3 Å². The number of alkyl halides is 2. The molecule has 4 heteroatoms. The van der Waals surface area contributed by atoms with Crippen LogP contribution in [0.1, 0.15) is 111 Å². The van der Waals surface area contributed by atoms with Crippen LogP contribution in [0, 0.1) is 17.8 Å². The van der Waals surface area contributed by atoms with E-state index in [9.17, 15) is 13.6 Å². The number of rotatable bonds is 7. The van der Waals surface area contributed by atoms with Crippen LogP contribution in [0.2, 0.25) is 0 Å². The van der Waals surface area contributed by atoms with Gasteiger partial charge in [0, 0.05) is 23.5 Å². The summed E-state index contributed by atoms with van der Waals surface area (Å²) in [5, 5.41) is 3.44. The summed E-state index contributed by atoms with van der Waals surface area (Å²) in [6, 6.07) is 13.0. The van der Waals surface area contributed by atoms with Gasteiger partial charge in [-0.2, -0.15) is 0 Å². The maximum absolute atomic E-state index is 13.9. The minimum absolute atomic E-state index is 0.0289. The summed E-state index contributed by atoms with van der Waals surface area (Å²) in [4.78, 5) is 13.7. The summed E-state index contributed by atoms with van der Waals surface area (Å²) in [7, 11) is 0. The first kappa shape index (κ1) is 24.9. The van der Waals surface area contributed by atoms with E-state index in [4.69, 9.17) is 0 Å². The number of carbonyl (C=O) groups excluding carboxylic acids is 1. The molecule has 2 aromatic rings. The fourth-order valence-corrected chi connectivity index (χ4v) is 6.52. The van der Waals surface area contributed by atoms with Gasteiger partial charge in [0.2, 0.25) is 0 Å². The van der Waals surface area contributed by atoms with Crippen LogP contribution in [0.15, 0.2) is 42.5 Å². The molecule has 0 aromatic heterocycles. The third-order valence-corrected chi connectivity index (χ3v) is 8.88. The summed E-state index contributed by atoms with van der Waals surface area (Å²) in [6.07, 6.45) is 10.1. The maximum atomic E-state index is 13.9. The summed E-state index contributed by atoms with van der Waals surface area (Å²) >= 11 is 0. The molecule has 1 atom stereocenters. The Balaban J connectivity index is 1.72. The molecule has 1 N–H and O–H groups in total. The van der Waals surface area contributed by atoms with Gasteiger partial charge >= 0.3 is 0 Å². The SMILES string of the molecule is CCc1cc(C(C)(F)F)ccc1C(=O)NC(c1ccc(C)cc1)C1(C2(C)CCCCC2)CCC1. The summed E-state index contributed by atoms with van der Waals surface area (Å²) < 4.78 is 27.9. The van der Waals surface area contributed by atoms with Gasteiger partial charge in [0.1, 0.15) is 0 Å². The molecule has 184 valence electrons. The number of aryl methyl sites for hydroxylation is 2. The Hall–Kier alpha value is -2.23. The molecule has 2 aromatic carbocycles. The van der Waals surface area contributed by atoms with E-state index in [1.54, 1.807) is 6.07 Å².